The van der Waals surface area contributed by atoms with Gasteiger partial charge in [-0.1, -0.05) is 0 Å². The first-order valence-corrected chi connectivity index (χ1v) is 9.97. The molecule has 2 aromatic carbocycles. The first-order valence-electron chi connectivity index (χ1n) is 8.38. The van der Waals surface area contributed by atoms with Gasteiger partial charge in [0.15, 0.2) is 11.5 Å². The number of nitrogens with zero attached hydrogens (tertiary/aromatic N) is 1. The number of phenolic OH excluding ortho intramolecular Hbond substituents is 1. The van der Waals surface area contributed by atoms with Gasteiger partial charge in [0.2, 0.25) is 5.75 Å². The first kappa shape index (κ1) is 23.5. The second-order valence-corrected chi connectivity index (χ2v) is 7.43. The fourth-order valence-corrected chi connectivity index (χ4v) is 3.57. The number of amides is 2. The Hall–Kier alpha value is -2.79. The Balaban J connectivity index is 1.97. The molecule has 0 aliphatic rings. The van der Waals surface area contributed by atoms with Crippen molar-refractivity contribution in [1.82, 2.24) is 10.7 Å². The van der Waals surface area contributed by atoms with E-state index in [9.17, 15) is 14.7 Å². The van der Waals surface area contributed by atoms with Crippen LogP contribution in [0.1, 0.15) is 15.9 Å². The van der Waals surface area contributed by atoms with E-state index in [1.54, 1.807) is 12.1 Å². The van der Waals surface area contributed by atoms with Gasteiger partial charge < -0.3 is 24.6 Å². The van der Waals surface area contributed by atoms with Gasteiger partial charge in [-0.15, -0.1) is 0 Å². The van der Waals surface area contributed by atoms with E-state index < -0.39 is 11.8 Å². The van der Waals surface area contributed by atoms with Gasteiger partial charge in [-0.3, -0.25) is 9.59 Å². The molecule has 0 fully saturated rings. The standard InChI is InChI=1S/C19H19Br2N3O6/c1-28-14-6-11(7-15(29-2)18(14)30-3)19(27)22-9-16(25)24-23-8-10-4-12(20)17(26)13(21)5-10/h4-8,26H,9H2,1-3H3,(H,22,27)(H,24,25)/b23-8+. The van der Waals surface area contributed by atoms with Crippen molar-refractivity contribution in [2.75, 3.05) is 27.9 Å². The molecular weight excluding hydrogens is 526 g/mol. The van der Waals surface area contributed by atoms with Crippen LogP contribution in [0.15, 0.2) is 38.3 Å². The maximum atomic E-state index is 12.4. The summed E-state index contributed by atoms with van der Waals surface area (Å²) in [7, 11) is 4.34. The number of hydrazone groups is 1. The third-order valence-corrected chi connectivity index (χ3v) is 4.99. The second kappa shape index (κ2) is 10.8. The highest BCUT2D eigenvalue weighted by Crippen LogP contribution is 2.38. The normalized spacial score (nSPS) is 10.6. The number of hydrogen-bond acceptors (Lipinski definition) is 7. The highest BCUT2D eigenvalue weighted by molar-refractivity contribution is 9.11. The van der Waals surface area contributed by atoms with Crippen molar-refractivity contribution in [3.8, 4) is 23.0 Å². The zero-order valence-corrected chi connectivity index (χ0v) is 19.5. The lowest BCUT2D eigenvalue weighted by molar-refractivity contribution is -0.120. The number of aromatic hydroxyl groups is 1. The van der Waals surface area contributed by atoms with Crippen LogP contribution in [0.2, 0.25) is 0 Å². The molecule has 0 unspecified atom stereocenters. The Bertz CT molecular complexity index is 933. The molecule has 0 saturated carbocycles. The number of phenols is 1. The third-order valence-electron chi connectivity index (χ3n) is 3.78. The highest BCUT2D eigenvalue weighted by Gasteiger charge is 2.17. The first-order chi connectivity index (χ1) is 14.3. The van der Waals surface area contributed by atoms with Gasteiger partial charge in [-0.05, 0) is 61.7 Å². The topological polar surface area (TPSA) is 118 Å². The number of benzene rings is 2. The number of carbonyl (C=O) groups excluding carboxylic acids is 2. The number of ether oxygens (including phenoxy) is 3. The molecule has 0 aliphatic heterocycles. The fraction of sp³-hybridized carbons (Fsp3) is 0.211. The largest absolute Gasteiger partial charge is 0.506 e. The van der Waals surface area contributed by atoms with Crippen molar-refractivity contribution in [1.29, 1.82) is 0 Å². The van der Waals surface area contributed by atoms with Crippen LogP contribution in [0.4, 0.5) is 0 Å². The van der Waals surface area contributed by atoms with Gasteiger partial charge >= 0.3 is 0 Å². The molecule has 0 atom stereocenters. The van der Waals surface area contributed by atoms with Crippen LogP contribution in [0.25, 0.3) is 0 Å². The van der Waals surface area contributed by atoms with E-state index in [4.69, 9.17) is 14.2 Å². The Kier molecular flexibility index (Phi) is 8.48. The number of carbonyl (C=O) groups is 2. The lowest BCUT2D eigenvalue weighted by atomic mass is 10.1. The summed E-state index contributed by atoms with van der Waals surface area (Å²) in [5.74, 6) is 0.0371. The average molecular weight is 545 g/mol. The van der Waals surface area contributed by atoms with E-state index in [0.29, 0.717) is 31.8 Å². The van der Waals surface area contributed by atoms with E-state index in [2.05, 4.69) is 47.7 Å². The minimum Gasteiger partial charge on any atom is -0.506 e. The molecule has 2 aromatic rings. The van der Waals surface area contributed by atoms with Crippen molar-refractivity contribution in [2.45, 2.75) is 0 Å². The van der Waals surface area contributed by atoms with E-state index in [-0.39, 0.29) is 17.9 Å². The Morgan fingerprint density at radius 2 is 1.60 bits per heavy atom. The number of hydrogen-bond donors (Lipinski definition) is 3. The van der Waals surface area contributed by atoms with Crippen molar-refractivity contribution >= 4 is 49.9 Å². The maximum Gasteiger partial charge on any atom is 0.259 e. The molecular formula is C19H19Br2N3O6. The summed E-state index contributed by atoms with van der Waals surface area (Å²) in [6.45, 7) is -0.296. The SMILES string of the molecule is COc1cc(C(=O)NCC(=O)N/N=C/c2cc(Br)c(O)c(Br)c2)cc(OC)c1OC. The lowest BCUT2D eigenvalue weighted by Gasteiger charge is -2.14. The van der Waals surface area contributed by atoms with Gasteiger partial charge in [-0.2, -0.15) is 5.10 Å². The minimum atomic E-state index is -0.524. The molecule has 0 spiro atoms. The van der Waals surface area contributed by atoms with Crippen LogP contribution in [0, 0.1) is 0 Å². The van der Waals surface area contributed by atoms with Crippen LogP contribution >= 0.6 is 31.9 Å². The highest BCUT2D eigenvalue weighted by atomic mass is 79.9. The van der Waals surface area contributed by atoms with Gasteiger partial charge in [0.05, 0.1) is 43.0 Å². The van der Waals surface area contributed by atoms with E-state index >= 15 is 0 Å². The molecule has 11 heteroatoms. The molecule has 0 saturated heterocycles. The molecule has 2 amide bonds. The molecule has 9 nitrogen and oxygen atoms in total. The van der Waals surface area contributed by atoms with Crippen molar-refractivity contribution in [3.63, 3.8) is 0 Å². The summed E-state index contributed by atoms with van der Waals surface area (Å²) >= 11 is 6.42. The monoisotopic (exact) mass is 543 g/mol. The lowest BCUT2D eigenvalue weighted by Crippen LogP contribution is -2.34. The van der Waals surface area contributed by atoms with E-state index in [0.717, 1.165) is 0 Å². The maximum absolute atomic E-state index is 12.4. The number of methoxy groups -OCH3 is 3. The van der Waals surface area contributed by atoms with Crippen molar-refractivity contribution in [3.05, 3.63) is 44.3 Å². The van der Waals surface area contributed by atoms with Crippen molar-refractivity contribution in [2.24, 2.45) is 5.10 Å². The molecule has 0 aliphatic carbocycles. The average Bonchev–Trinajstić information content (AvgIpc) is 2.74. The molecule has 0 heterocycles. The Labute approximate surface area is 189 Å². The van der Waals surface area contributed by atoms with E-state index in [1.165, 1.54) is 39.7 Å². The molecule has 0 radical (unpaired) electrons. The molecule has 0 aromatic heterocycles. The number of rotatable bonds is 8. The van der Waals surface area contributed by atoms with Gasteiger partial charge in [0, 0.05) is 5.56 Å². The Morgan fingerprint density at radius 1 is 1.03 bits per heavy atom. The zero-order chi connectivity index (χ0) is 22.3. The van der Waals surface area contributed by atoms with E-state index in [1.807, 2.05) is 0 Å². The second-order valence-electron chi connectivity index (χ2n) is 5.72. The predicted octanol–water partition coefficient (Wildman–Crippen LogP) is 2.82. The van der Waals surface area contributed by atoms with Gasteiger partial charge in [0.25, 0.3) is 11.8 Å². The minimum absolute atomic E-state index is 0.0608. The molecule has 2 rings (SSSR count). The quantitative estimate of drug-likeness (QED) is 0.347. The summed E-state index contributed by atoms with van der Waals surface area (Å²) in [6, 6.07) is 6.21. The fourth-order valence-electron chi connectivity index (χ4n) is 2.35. The molecule has 0 bridgehead atoms. The summed E-state index contributed by atoms with van der Waals surface area (Å²) in [4.78, 5) is 24.3. The number of halogens is 2. The van der Waals surface area contributed by atoms with Crippen LogP contribution in [-0.4, -0.2) is 51.0 Å². The summed E-state index contributed by atoms with van der Waals surface area (Å²) in [6.07, 6.45) is 1.40. The Morgan fingerprint density at radius 3 is 2.10 bits per heavy atom. The molecule has 30 heavy (non-hydrogen) atoms. The van der Waals surface area contributed by atoms with Gasteiger partial charge in [-0.25, -0.2) is 5.43 Å². The van der Waals surface area contributed by atoms with Crippen LogP contribution < -0.4 is 25.0 Å². The smallest absolute Gasteiger partial charge is 0.259 e. The summed E-state index contributed by atoms with van der Waals surface area (Å²) < 4.78 is 16.6. The number of nitrogens with one attached hydrogen (secondary N) is 2. The van der Waals surface area contributed by atoms with Crippen LogP contribution in [0.3, 0.4) is 0 Å². The third kappa shape index (κ3) is 5.86. The van der Waals surface area contributed by atoms with Crippen molar-refractivity contribution < 1.29 is 28.9 Å². The summed E-state index contributed by atoms with van der Waals surface area (Å²) in [5.41, 5.74) is 3.18. The van der Waals surface area contributed by atoms with Gasteiger partial charge in [0.1, 0.15) is 5.75 Å². The molecule has 3 N–H and O–H groups in total. The molecule has 160 valence electrons. The zero-order valence-electron chi connectivity index (χ0n) is 16.3. The summed E-state index contributed by atoms with van der Waals surface area (Å²) in [5, 5.41) is 16.0. The van der Waals surface area contributed by atoms with Crippen LogP contribution in [-0.2, 0) is 4.79 Å². The van der Waals surface area contributed by atoms with Crippen LogP contribution in [0.5, 0.6) is 23.0 Å². The predicted molar refractivity (Wildman–Crippen MR) is 118 cm³/mol.